The van der Waals surface area contributed by atoms with E-state index in [-0.39, 0.29) is 11.6 Å². The molecule has 3 fully saturated rings. The predicted molar refractivity (Wildman–Crippen MR) is 81.8 cm³/mol. The summed E-state index contributed by atoms with van der Waals surface area (Å²) in [7, 11) is 0. The summed E-state index contributed by atoms with van der Waals surface area (Å²) in [6.07, 6.45) is 6.62. The van der Waals surface area contributed by atoms with Gasteiger partial charge in [-0.25, -0.2) is 0 Å². The van der Waals surface area contributed by atoms with Crippen molar-refractivity contribution in [1.29, 1.82) is 0 Å². The zero-order valence-corrected chi connectivity index (χ0v) is 13.2. The molecule has 0 aromatic heterocycles. The average Bonchev–Trinajstić information content (AvgIpc) is 2.90. The number of hydrogen-bond acceptors (Lipinski definition) is 3. The first-order valence-corrected chi connectivity index (χ1v) is 8.62. The van der Waals surface area contributed by atoms with Crippen molar-refractivity contribution >= 4 is 16.9 Å². The molecule has 1 saturated carbocycles. The smallest absolute Gasteiger partial charge is 0.157 e. The molecule has 2 unspecified atom stereocenters. The first kappa shape index (κ1) is 13.7. The third-order valence-corrected chi connectivity index (χ3v) is 6.46. The van der Waals surface area contributed by atoms with Crippen LogP contribution < -0.4 is 5.32 Å². The highest BCUT2D eigenvalue weighted by atomic mass is 32.2. The highest BCUT2D eigenvalue weighted by Gasteiger charge is 2.42. The molecule has 1 spiro atoms. The van der Waals surface area contributed by atoms with E-state index in [9.17, 15) is 0 Å². The second-order valence-electron chi connectivity index (χ2n) is 6.91. The Morgan fingerprint density at radius 3 is 2.63 bits per heavy atom. The molecule has 0 aromatic carbocycles. The Hall–Kier alpha value is -0.220. The summed E-state index contributed by atoms with van der Waals surface area (Å²) in [5, 5.41) is 4.92. The molecular weight excluding hydrogens is 256 g/mol. The second kappa shape index (κ2) is 4.96. The minimum Gasteiger partial charge on any atom is -0.376 e. The SMILES string of the molecule is CC1CCC2(CC1)CSC(=NC1(C)CCOC1C)N2. The number of ether oxygens (including phenoxy) is 1. The van der Waals surface area contributed by atoms with Gasteiger partial charge < -0.3 is 10.1 Å². The summed E-state index contributed by atoms with van der Waals surface area (Å²) >= 11 is 1.92. The molecule has 1 N–H and O–H groups in total. The minimum atomic E-state index is -0.0250. The molecule has 0 amide bonds. The third kappa shape index (κ3) is 2.66. The van der Waals surface area contributed by atoms with Gasteiger partial charge in [-0.05, 0) is 51.9 Å². The zero-order chi connectivity index (χ0) is 13.5. The van der Waals surface area contributed by atoms with Gasteiger partial charge in [-0.3, -0.25) is 4.99 Å². The van der Waals surface area contributed by atoms with Gasteiger partial charge >= 0.3 is 0 Å². The van der Waals surface area contributed by atoms with Gasteiger partial charge in [0.25, 0.3) is 0 Å². The fraction of sp³-hybridized carbons (Fsp3) is 0.933. The summed E-state index contributed by atoms with van der Waals surface area (Å²) in [6, 6.07) is 0. The van der Waals surface area contributed by atoms with Crippen molar-refractivity contribution in [2.45, 2.75) is 70.1 Å². The maximum Gasteiger partial charge on any atom is 0.157 e. The van der Waals surface area contributed by atoms with E-state index in [1.165, 1.54) is 31.4 Å². The molecule has 1 aliphatic carbocycles. The largest absolute Gasteiger partial charge is 0.376 e. The molecule has 0 bridgehead atoms. The molecule has 0 radical (unpaired) electrons. The van der Waals surface area contributed by atoms with E-state index >= 15 is 0 Å². The van der Waals surface area contributed by atoms with E-state index < -0.39 is 0 Å². The topological polar surface area (TPSA) is 33.6 Å². The Morgan fingerprint density at radius 2 is 2.00 bits per heavy atom. The van der Waals surface area contributed by atoms with E-state index in [1.807, 2.05) is 11.8 Å². The van der Waals surface area contributed by atoms with Gasteiger partial charge in [-0.1, -0.05) is 18.7 Å². The van der Waals surface area contributed by atoms with Crippen LogP contribution in [0.2, 0.25) is 0 Å². The van der Waals surface area contributed by atoms with Crippen molar-refractivity contribution in [1.82, 2.24) is 5.32 Å². The van der Waals surface area contributed by atoms with Crippen LogP contribution >= 0.6 is 11.8 Å². The first-order valence-electron chi connectivity index (χ1n) is 7.64. The minimum absolute atomic E-state index is 0.0250. The van der Waals surface area contributed by atoms with E-state index in [2.05, 4.69) is 26.1 Å². The average molecular weight is 282 g/mol. The number of rotatable bonds is 1. The van der Waals surface area contributed by atoms with Crippen molar-refractivity contribution in [3.8, 4) is 0 Å². The summed E-state index contributed by atoms with van der Waals surface area (Å²) in [4.78, 5) is 5.00. The van der Waals surface area contributed by atoms with E-state index in [0.29, 0.717) is 5.54 Å². The summed E-state index contributed by atoms with van der Waals surface area (Å²) < 4.78 is 5.69. The highest BCUT2D eigenvalue weighted by molar-refractivity contribution is 8.14. The van der Waals surface area contributed by atoms with Crippen molar-refractivity contribution in [3.63, 3.8) is 0 Å². The van der Waals surface area contributed by atoms with Gasteiger partial charge in [-0.2, -0.15) is 0 Å². The Labute approximate surface area is 121 Å². The van der Waals surface area contributed by atoms with Gasteiger partial charge in [0.2, 0.25) is 0 Å². The summed E-state index contributed by atoms with van der Waals surface area (Å²) in [6.45, 7) is 7.60. The number of hydrogen-bond donors (Lipinski definition) is 1. The maximum absolute atomic E-state index is 5.69. The lowest BCUT2D eigenvalue weighted by Crippen LogP contribution is -2.47. The molecular formula is C15H26N2OS. The van der Waals surface area contributed by atoms with Gasteiger partial charge in [0.1, 0.15) is 0 Å². The number of nitrogens with zero attached hydrogens (tertiary/aromatic N) is 1. The first-order chi connectivity index (χ1) is 9.01. The third-order valence-electron chi connectivity index (χ3n) is 5.30. The summed E-state index contributed by atoms with van der Waals surface area (Å²) in [5.41, 5.74) is 0.317. The van der Waals surface area contributed by atoms with Crippen molar-refractivity contribution < 1.29 is 4.74 Å². The number of thioether (sulfide) groups is 1. The lowest BCUT2D eigenvalue weighted by atomic mass is 9.78. The van der Waals surface area contributed by atoms with Crippen LogP contribution in [0.4, 0.5) is 0 Å². The van der Waals surface area contributed by atoms with Crippen molar-refractivity contribution in [2.24, 2.45) is 10.9 Å². The quantitative estimate of drug-likeness (QED) is 0.802. The van der Waals surface area contributed by atoms with E-state index in [1.54, 1.807) is 0 Å². The monoisotopic (exact) mass is 282 g/mol. The molecule has 108 valence electrons. The van der Waals surface area contributed by atoms with E-state index in [4.69, 9.17) is 9.73 Å². The second-order valence-corrected chi connectivity index (χ2v) is 7.88. The van der Waals surface area contributed by atoms with Gasteiger partial charge in [0, 0.05) is 17.9 Å². The van der Waals surface area contributed by atoms with Crippen LogP contribution in [0.15, 0.2) is 4.99 Å². The Bertz CT molecular complexity index is 376. The molecule has 2 saturated heterocycles. The van der Waals surface area contributed by atoms with Gasteiger partial charge in [-0.15, -0.1) is 0 Å². The Balaban J connectivity index is 1.68. The van der Waals surface area contributed by atoms with Crippen LogP contribution in [0.1, 0.15) is 52.9 Å². The van der Waals surface area contributed by atoms with Gasteiger partial charge in [0.05, 0.1) is 11.6 Å². The molecule has 2 atom stereocenters. The fourth-order valence-corrected chi connectivity index (χ4v) is 4.69. The lowest BCUT2D eigenvalue weighted by Gasteiger charge is -2.36. The van der Waals surface area contributed by atoms with Crippen molar-refractivity contribution in [2.75, 3.05) is 12.4 Å². The fourth-order valence-electron chi connectivity index (χ4n) is 3.35. The molecule has 2 aliphatic heterocycles. The van der Waals surface area contributed by atoms with E-state index in [0.717, 1.165) is 24.1 Å². The predicted octanol–water partition coefficient (Wildman–Crippen LogP) is 3.20. The molecule has 3 aliphatic rings. The molecule has 3 nitrogen and oxygen atoms in total. The standard InChI is InChI=1S/C15H26N2OS/c1-11-4-6-15(7-5-11)10-19-13(17-15)16-14(3)8-9-18-12(14)2/h11-12H,4-10H2,1-3H3,(H,16,17). The Kier molecular flexibility index (Phi) is 3.59. The summed E-state index contributed by atoms with van der Waals surface area (Å²) in [5.74, 6) is 2.10. The van der Waals surface area contributed by atoms with Crippen LogP contribution in [0.3, 0.4) is 0 Å². The van der Waals surface area contributed by atoms with Gasteiger partial charge in [0.15, 0.2) is 5.17 Å². The van der Waals surface area contributed by atoms with Crippen LogP contribution in [-0.4, -0.2) is 34.7 Å². The lowest BCUT2D eigenvalue weighted by molar-refractivity contribution is 0.101. The molecule has 19 heavy (non-hydrogen) atoms. The number of aliphatic imine (C=N–C) groups is 1. The maximum atomic E-state index is 5.69. The molecule has 4 heteroatoms. The number of amidine groups is 1. The Morgan fingerprint density at radius 1 is 1.26 bits per heavy atom. The zero-order valence-electron chi connectivity index (χ0n) is 12.4. The highest BCUT2D eigenvalue weighted by Crippen LogP contribution is 2.39. The van der Waals surface area contributed by atoms with Crippen LogP contribution in [-0.2, 0) is 4.74 Å². The van der Waals surface area contributed by atoms with Crippen LogP contribution in [0, 0.1) is 5.92 Å². The van der Waals surface area contributed by atoms with Crippen molar-refractivity contribution in [3.05, 3.63) is 0 Å². The number of nitrogens with one attached hydrogen (secondary N) is 1. The molecule has 3 rings (SSSR count). The molecule has 0 aromatic rings. The van der Waals surface area contributed by atoms with Crippen LogP contribution in [0.25, 0.3) is 0 Å². The molecule has 2 heterocycles. The van der Waals surface area contributed by atoms with Crippen LogP contribution in [0.5, 0.6) is 0 Å². The normalized spacial score (nSPS) is 48.9.